The molecule has 84 heavy (non-hydrogen) atoms. The number of hydrogen-bond acceptors (Lipinski definition) is 20. The molecule has 2 bridgehead atoms. The van der Waals surface area contributed by atoms with Crippen LogP contribution in [0.4, 0.5) is 0 Å². The molecule has 2 saturated heterocycles. The number of ether oxygens (including phenoxy) is 2. The van der Waals surface area contributed by atoms with Crippen LogP contribution in [0.25, 0.3) is 0 Å². The van der Waals surface area contributed by atoms with Crippen LogP contribution in [0.1, 0.15) is 179 Å². The zero-order valence-corrected chi connectivity index (χ0v) is 63.3. The van der Waals surface area contributed by atoms with E-state index in [-0.39, 0.29) is 208 Å². The number of ketones is 1. The first kappa shape index (κ1) is 75.5. The SMILES string of the molecule is C[C@H]1[C@@H](O)[C@@H](OS(=O)(=O)[O-])C[C@]2(C)C3=C(C[C@H](OS(=O)(=O)[O-])[C@@H]12)[C@@H]1CC[C@H]([C@H](C)[C@H]2C[C@H]4C[C@](C)(OC4(C)C)[C@H](CC[C@@H](C)[C@H]4CC[C@H]5C6=C(CC[C@]45C)[C@@]4(C)C[C@@H](OS(=O)(=O)[O-])C(=O)[C@@H](C)[C@@H]4[C@@H](OS(=O)(=O)[O-])C6)O2)[C@@]1(C)CC3.[Na+].[Na+].[Na+].[Na+]. The molecule has 4 saturated carbocycles. The van der Waals surface area contributed by atoms with Crippen LogP contribution in [-0.4, -0.2) is 117 Å². The first-order valence-corrected chi connectivity index (χ1v) is 34.5. The number of fused-ring (bicyclic) bond motifs is 10. The fourth-order valence-electron chi connectivity index (χ4n) is 21.1. The minimum Gasteiger partial charge on any atom is -0.726 e. The summed E-state index contributed by atoms with van der Waals surface area (Å²) in [5.41, 5.74) is 0.633. The number of aliphatic hydroxyl groups is 1. The Morgan fingerprint density at radius 1 is 0.631 bits per heavy atom. The Labute approximate surface area is 588 Å². The fraction of sp³-hybridized carbons (Fsp3) is 0.911. The Morgan fingerprint density at radius 2 is 1.10 bits per heavy atom. The number of rotatable bonds is 14. The van der Waals surface area contributed by atoms with Gasteiger partial charge in [0, 0.05) is 17.8 Å². The molecule has 0 aromatic rings. The average Bonchev–Trinajstić information content (AvgIpc) is 1.17. The number of Topliss-reactive ketones (excluding diaryl/α,β-unsaturated/α-hetero) is 1. The molecule has 28 heteroatoms. The third-order valence-electron chi connectivity index (χ3n) is 24.2. The topological polar surface area (TPSA) is 321 Å². The van der Waals surface area contributed by atoms with Crippen molar-refractivity contribution in [3.8, 4) is 0 Å². The van der Waals surface area contributed by atoms with Gasteiger partial charge < -0.3 is 32.8 Å². The van der Waals surface area contributed by atoms with Crippen LogP contribution >= 0.6 is 0 Å². The van der Waals surface area contributed by atoms with E-state index in [1.54, 1.807) is 13.8 Å². The molecule has 0 unspecified atom stereocenters. The summed E-state index contributed by atoms with van der Waals surface area (Å²) in [5, 5.41) is 11.3. The molecule has 0 aromatic carbocycles. The van der Waals surface area contributed by atoms with Crippen molar-refractivity contribution in [3.05, 3.63) is 22.3 Å². The van der Waals surface area contributed by atoms with E-state index in [4.69, 9.17) is 26.2 Å². The van der Waals surface area contributed by atoms with Crippen molar-refractivity contribution >= 4 is 47.4 Å². The van der Waals surface area contributed by atoms with Crippen LogP contribution in [0.3, 0.4) is 0 Å². The molecule has 6 fully saturated rings. The van der Waals surface area contributed by atoms with E-state index >= 15 is 0 Å². The largest absolute Gasteiger partial charge is 1.00 e. The predicted octanol–water partition coefficient (Wildman–Crippen LogP) is -4.52. The molecule has 1 N–H and O–H groups in total. The van der Waals surface area contributed by atoms with Crippen molar-refractivity contribution in [2.45, 2.75) is 233 Å². The molecule has 10 rings (SSSR count). The summed E-state index contributed by atoms with van der Waals surface area (Å²) >= 11 is 0. The second-order valence-electron chi connectivity index (χ2n) is 28.6. The van der Waals surface area contributed by atoms with E-state index in [9.17, 15) is 61.8 Å². The molecule has 456 valence electrons. The van der Waals surface area contributed by atoms with Gasteiger partial charge in [-0.25, -0.2) is 33.7 Å². The van der Waals surface area contributed by atoms with Gasteiger partial charge in [-0.3, -0.25) is 21.5 Å². The Balaban J connectivity index is 0.00000283. The average molecular weight is 1300 g/mol. The summed E-state index contributed by atoms with van der Waals surface area (Å²) < 4.78 is 181. The Kier molecular flexibility index (Phi) is 23.3. The van der Waals surface area contributed by atoms with Gasteiger partial charge in [0.05, 0.1) is 41.7 Å². The van der Waals surface area contributed by atoms with Crippen LogP contribution in [0.5, 0.6) is 0 Å². The number of aliphatic hydroxyl groups excluding tert-OH is 1. The molecule has 10 aliphatic rings. The van der Waals surface area contributed by atoms with Gasteiger partial charge in [0.15, 0.2) is 5.78 Å². The fourth-order valence-corrected chi connectivity index (χ4v) is 23.0. The van der Waals surface area contributed by atoms with Crippen molar-refractivity contribution in [1.29, 1.82) is 0 Å². The monoisotopic (exact) mass is 1300 g/mol. The maximum Gasteiger partial charge on any atom is 1.00 e. The molecule has 0 aromatic heterocycles. The van der Waals surface area contributed by atoms with Crippen molar-refractivity contribution < 1.29 is 206 Å². The van der Waals surface area contributed by atoms with E-state index < -0.39 is 124 Å². The standard InChI is InChI=1S/C56H88O20S4.4Na/c1-28(35-13-15-37-33-23-42(72-77(59,60)61)47-30(3)49(57)44(74-79(65,66)67)26-54(47,9)39(33)18-20-52(35,37)7)12-17-46-56(11)25-32(51(5,6)76-56)22-41(71-46)29(2)36-14-16-38-34-24-43(73-78(62,63)64)48-31(4)50(58)45(75-80(68,69)70)27-55(48,10)40(34)19-21-53(36,38)8;;;;/h28-32,35-38,41-48,50,58H,12-27H2,1-11H3,(H,59,60,61)(H,62,63,64)(H,65,66,67)(H,68,69,70);;;;/q;4*+1/p-4/t28-,29+,30+,31-,32+,35-,36-,37+,38+,41-,42+,43+,44-,45+,46+,47-,48-,50-,52-,53-,54-,55-,56+;;;;/m1..../s1. The van der Waals surface area contributed by atoms with Crippen LogP contribution in [0, 0.1) is 86.8 Å². The molecular weight excluding hydrogens is 1210 g/mol. The van der Waals surface area contributed by atoms with Gasteiger partial charge in [0.1, 0.15) is 12.2 Å². The zero-order chi connectivity index (χ0) is 58.8. The van der Waals surface area contributed by atoms with Crippen molar-refractivity contribution in [2.24, 2.45) is 86.8 Å². The Hall–Kier alpha value is 2.51. The predicted molar refractivity (Wildman–Crippen MR) is 283 cm³/mol. The van der Waals surface area contributed by atoms with Gasteiger partial charge in [0.2, 0.25) is 41.6 Å². The first-order chi connectivity index (χ1) is 36.6. The second-order valence-corrected chi connectivity index (χ2v) is 32.6. The molecule has 2 heterocycles. The van der Waals surface area contributed by atoms with Gasteiger partial charge in [-0.2, -0.15) is 0 Å². The Bertz CT molecular complexity index is 3040. The smallest absolute Gasteiger partial charge is 0.726 e. The van der Waals surface area contributed by atoms with E-state index in [1.165, 1.54) is 0 Å². The number of carbonyl (C=O) groups excluding carboxylic acids is 1. The summed E-state index contributed by atoms with van der Waals surface area (Å²) in [5.74, 6) is -2.90. The summed E-state index contributed by atoms with van der Waals surface area (Å²) in [6, 6.07) is 0. The van der Waals surface area contributed by atoms with E-state index in [0.717, 1.165) is 86.5 Å². The molecular formula is C56H84Na4O20S4. The van der Waals surface area contributed by atoms with E-state index in [2.05, 4.69) is 48.5 Å². The molecule has 0 radical (unpaired) electrons. The van der Waals surface area contributed by atoms with Gasteiger partial charge >= 0.3 is 118 Å². The minimum atomic E-state index is -5.26. The molecule has 0 spiro atoms. The summed E-state index contributed by atoms with van der Waals surface area (Å²) in [6.45, 7) is 22.7. The van der Waals surface area contributed by atoms with Crippen LogP contribution < -0.4 is 118 Å². The van der Waals surface area contributed by atoms with Gasteiger partial charge in [-0.05, 0) is 193 Å². The number of carbonyl (C=O) groups is 1. The molecule has 23 atom stereocenters. The molecule has 2 aliphatic heterocycles. The number of allylic oxidation sites excluding steroid dienone is 2. The maximum atomic E-state index is 13.6. The van der Waals surface area contributed by atoms with Gasteiger partial charge in [-0.15, -0.1) is 0 Å². The van der Waals surface area contributed by atoms with E-state index in [0.29, 0.717) is 12.8 Å². The van der Waals surface area contributed by atoms with Gasteiger partial charge in [0.25, 0.3) is 0 Å². The molecule has 8 aliphatic carbocycles. The van der Waals surface area contributed by atoms with Crippen molar-refractivity contribution in [2.75, 3.05) is 0 Å². The van der Waals surface area contributed by atoms with Crippen LogP contribution in [0.15, 0.2) is 22.3 Å². The summed E-state index contributed by atoms with van der Waals surface area (Å²) in [4.78, 5) is 13.6. The zero-order valence-electron chi connectivity index (χ0n) is 52.0. The Morgan fingerprint density at radius 3 is 1.61 bits per heavy atom. The van der Waals surface area contributed by atoms with Crippen molar-refractivity contribution in [1.82, 2.24) is 0 Å². The third kappa shape index (κ3) is 13.8. The van der Waals surface area contributed by atoms with Crippen LogP contribution in [-0.2, 0) is 72.6 Å². The summed E-state index contributed by atoms with van der Waals surface area (Å²) in [7, 11) is -20.9. The van der Waals surface area contributed by atoms with Crippen LogP contribution in [0.2, 0.25) is 0 Å². The van der Waals surface area contributed by atoms with E-state index in [1.807, 2.05) is 13.8 Å². The van der Waals surface area contributed by atoms with Gasteiger partial charge in [-0.1, -0.05) is 77.7 Å². The normalized spacial score (nSPS) is 45.1. The quantitative estimate of drug-likeness (QED) is 0.0741. The molecule has 0 amide bonds. The maximum absolute atomic E-state index is 13.6. The minimum absolute atomic E-state index is 0. The second kappa shape index (κ2) is 25.9. The molecule has 20 nitrogen and oxygen atoms in total. The number of hydrogen-bond donors (Lipinski definition) is 1. The third-order valence-corrected chi connectivity index (χ3v) is 26.1. The first-order valence-electron chi connectivity index (χ1n) is 29.2. The van der Waals surface area contributed by atoms with Crippen molar-refractivity contribution in [3.63, 3.8) is 0 Å². The summed E-state index contributed by atoms with van der Waals surface area (Å²) in [6.07, 6.45) is 2.40.